The average Bonchev–Trinajstić information content (AvgIpc) is 1.58. The summed E-state index contributed by atoms with van der Waals surface area (Å²) in [6.07, 6.45) is 32.9. The summed E-state index contributed by atoms with van der Waals surface area (Å²) >= 11 is 6.46. The fourth-order valence-electron chi connectivity index (χ4n) is 17.6. The van der Waals surface area contributed by atoms with Gasteiger partial charge in [-0.1, -0.05) is 68.2 Å². The Morgan fingerprint density at radius 3 is 0.957 bits per heavy atom. The number of hydrogen-bond donors (Lipinski definition) is 6. The Bertz CT molecular complexity index is 4880. The zero-order valence-corrected chi connectivity index (χ0v) is 67.7. The molecular weight excluding hydrogens is 1620 g/mol. The number of hydrogen-bond acceptors (Lipinski definition) is 19. The summed E-state index contributed by atoms with van der Waals surface area (Å²) in [6, 6.07) is 13.1. The van der Waals surface area contributed by atoms with Crippen LogP contribution in [-0.2, 0) is 28.3 Å². The molecule has 0 atom stereocenters. The first-order valence-electron chi connectivity index (χ1n) is 40.7. The van der Waals surface area contributed by atoms with Crippen LogP contribution in [0.15, 0.2) is 119 Å². The predicted molar refractivity (Wildman–Crippen MR) is 449 cm³/mol. The first kappa shape index (κ1) is 86.5. The van der Waals surface area contributed by atoms with E-state index in [4.69, 9.17) is 15.2 Å². The zero-order chi connectivity index (χ0) is 84.7. The minimum absolute atomic E-state index is 0. The average molecular weight is 1740 g/mol. The van der Waals surface area contributed by atoms with E-state index in [0.717, 1.165) is 180 Å². The number of aryl methyl sites for hydroxylation is 6. The maximum atomic E-state index is 13.0. The van der Waals surface area contributed by atoms with Crippen molar-refractivity contribution in [3.05, 3.63) is 209 Å². The largest absolute Gasteiger partial charge is 0.503 e. The summed E-state index contributed by atoms with van der Waals surface area (Å²) in [7, 11) is -1.00. The molecule has 116 heavy (non-hydrogen) atoms. The SMILES string of the molecule is Brc1ccncn1.C.C.C.Cc1cc(Br)c(=O)n2c1C(=O)NC21CCCCC1.Cc1cc(C)c(=O)n2c1C(=O)NC21CCCCC1.Cc1cc(O)c(=O)n2c1C(=O)NC21CCCCC1.Cc1cc(Oc2ccncn2)c(=O)n2c1C(=O)NC21CCCCC1.Cc1cc(Oc2ccncn2)c(=O)n2c1C(=O)NC21CCCCC1.[2H]CC.[2H]CF.[2H][2H]. The fourth-order valence-corrected chi connectivity index (χ4v) is 18.3. The molecule has 8 aromatic heterocycles. The molecule has 10 aliphatic rings. The van der Waals surface area contributed by atoms with Crippen LogP contribution in [0.4, 0.5) is 4.39 Å². The molecule has 5 fully saturated rings. The molecule has 0 aromatic carbocycles. The molecular formula is C84H111Br2FN16O13. The van der Waals surface area contributed by atoms with Crippen molar-refractivity contribution in [2.24, 2.45) is 0 Å². The molecule has 5 aliphatic carbocycles. The third kappa shape index (κ3) is 17.9. The molecule has 5 saturated carbocycles. The molecule has 8 aromatic rings. The van der Waals surface area contributed by atoms with Crippen LogP contribution in [0.5, 0.6) is 29.0 Å². The molecule has 626 valence electrons. The van der Waals surface area contributed by atoms with Gasteiger partial charge in [-0.3, -0.25) is 75.2 Å². The van der Waals surface area contributed by atoms with Crippen LogP contribution in [0.3, 0.4) is 0 Å². The number of fused-ring (bicyclic) bond motifs is 10. The van der Waals surface area contributed by atoms with Crippen molar-refractivity contribution >= 4 is 61.4 Å². The normalized spacial score (nSPS) is 18.2. The Morgan fingerprint density at radius 2 is 0.672 bits per heavy atom. The van der Waals surface area contributed by atoms with Gasteiger partial charge in [0, 0.05) is 40.6 Å². The van der Waals surface area contributed by atoms with E-state index in [0.29, 0.717) is 57.2 Å². The standard InChI is InChI=1S/2C17H18N4O3.C14H18N2O2.C13H15BrN2O2.C13H16N2O3.C4H3BrN2.C2H6.CH3F.3CH4.H2/c2*1-11-9-12(24-13-5-8-18-10-19-13)16(23)21-14(11)15(22)20-17(21)6-3-2-4-7-17;1-9-8-10(2)13(18)16-11(9)12(17)15-14(16)6-4-3-5-7-14;1-8-7-9(14)12(18)16-10(8)11(17)15-13(16)5-3-2-4-6-13;1-8-7-9(16)12(18)15-10(8)11(17)14-13(15)5-3-2-4-6-13;5-4-1-2-6-3-7-4;2*1-2;;;;/h2*5,8-10H,2-4,6-7H2,1H3,(H,20,22);8H,3-7H2,1-2H3,(H,15,17);7H,2-6H2,1H3,(H,15,17);7,16H,2-6H2,1H3,(H,14,17);1-3H;1-2H3;1H3;3*1H4;1H/i;;;;;;2*1D;;;;1+1D. The molecule has 5 amide bonds. The number of carbonyl (C=O) groups is 5. The van der Waals surface area contributed by atoms with Crippen LogP contribution in [-0.4, -0.2) is 94.5 Å². The van der Waals surface area contributed by atoms with E-state index in [9.17, 15) is 57.4 Å². The maximum Gasteiger partial charge on any atom is 0.296 e. The first-order chi connectivity index (χ1) is 56.1. The summed E-state index contributed by atoms with van der Waals surface area (Å²) in [5, 5.41) is 24.9. The molecule has 0 saturated heterocycles. The fraction of sp³-hybridized carbons (Fsp3) is 0.500. The zero-order valence-electron chi connectivity index (χ0n) is 68.6. The van der Waals surface area contributed by atoms with Gasteiger partial charge in [0.1, 0.15) is 80.4 Å². The topological polar surface area (TPSA) is 372 Å². The minimum atomic E-state index is -1.00. The lowest BCUT2D eigenvalue weighted by atomic mass is 9.89. The Balaban J connectivity index is 0.000000198. The van der Waals surface area contributed by atoms with Crippen molar-refractivity contribution in [2.45, 2.75) is 266 Å². The van der Waals surface area contributed by atoms with Crippen LogP contribution in [0.1, 0.15) is 288 Å². The lowest BCUT2D eigenvalue weighted by Gasteiger charge is -2.35. The van der Waals surface area contributed by atoms with Crippen molar-refractivity contribution in [1.82, 2.24) is 79.3 Å². The van der Waals surface area contributed by atoms with Crippen LogP contribution in [0, 0.1) is 41.5 Å². The molecule has 5 aliphatic heterocycles. The van der Waals surface area contributed by atoms with Gasteiger partial charge >= 0.3 is 0 Å². The van der Waals surface area contributed by atoms with E-state index in [-0.39, 0.29) is 91.3 Å². The van der Waals surface area contributed by atoms with Crippen LogP contribution in [0.2, 0.25) is 0 Å². The van der Waals surface area contributed by atoms with Gasteiger partial charge in [0.05, 0.1) is 13.0 Å². The number of alkyl halides is 1. The second-order valence-electron chi connectivity index (χ2n) is 29.8. The Kier molecular flexibility index (Phi) is 28.8. The lowest BCUT2D eigenvalue weighted by molar-refractivity contribution is 0.0866. The molecule has 0 bridgehead atoms. The number of nitrogens with one attached hydrogen (secondary N) is 5. The second-order valence-corrected chi connectivity index (χ2v) is 31.5. The number of rotatable bonds is 4. The van der Waals surface area contributed by atoms with Crippen molar-refractivity contribution in [2.75, 3.05) is 7.15 Å². The summed E-state index contributed by atoms with van der Waals surface area (Å²) in [5.74, 6) is -0.0864. The van der Waals surface area contributed by atoms with Gasteiger partial charge in [-0.2, -0.15) is 0 Å². The molecule has 29 nitrogen and oxygen atoms in total. The van der Waals surface area contributed by atoms with Gasteiger partial charge in [0.25, 0.3) is 57.3 Å². The van der Waals surface area contributed by atoms with Crippen LogP contribution < -0.4 is 63.9 Å². The van der Waals surface area contributed by atoms with Crippen molar-refractivity contribution in [3.8, 4) is 29.0 Å². The molecule has 6 N–H and O–H groups in total. The Hall–Kier alpha value is -10.4. The maximum absolute atomic E-state index is 13.0. The number of ether oxygens (including phenoxy) is 2. The number of pyridine rings is 5. The van der Waals surface area contributed by atoms with E-state index in [1.165, 1.54) is 42.5 Å². The molecule has 5 spiro atoms. The van der Waals surface area contributed by atoms with Crippen LogP contribution in [0.25, 0.3) is 0 Å². The van der Waals surface area contributed by atoms with Crippen molar-refractivity contribution < 1.29 is 48.7 Å². The Labute approximate surface area is 697 Å². The molecule has 32 heteroatoms. The quantitative estimate of drug-likeness (QED) is 0.0891. The van der Waals surface area contributed by atoms with E-state index in [1.54, 1.807) is 87.1 Å². The van der Waals surface area contributed by atoms with Gasteiger partial charge in [-0.15, -0.1) is 0 Å². The van der Waals surface area contributed by atoms with Gasteiger partial charge in [0.2, 0.25) is 11.8 Å². The number of aromatic nitrogens is 11. The first-order valence-corrected chi connectivity index (χ1v) is 39.9. The third-order valence-corrected chi connectivity index (χ3v) is 23.5. The van der Waals surface area contributed by atoms with E-state index in [2.05, 4.69) is 88.3 Å². The van der Waals surface area contributed by atoms with Crippen molar-refractivity contribution in [3.63, 3.8) is 0 Å². The highest BCUT2D eigenvalue weighted by Crippen LogP contribution is 2.43. The van der Waals surface area contributed by atoms with Crippen molar-refractivity contribution in [1.29, 1.82) is 0 Å². The number of nitrogens with zero attached hydrogens (tertiary/aromatic N) is 11. The summed E-state index contributed by atoms with van der Waals surface area (Å²) in [6.45, 7) is 13.3. The van der Waals surface area contributed by atoms with Crippen LogP contribution >= 0.6 is 31.9 Å². The highest BCUT2D eigenvalue weighted by atomic mass is 79.9. The second kappa shape index (κ2) is 38.6. The number of halogens is 3. The molecule has 0 unspecified atom stereocenters. The number of aromatic hydroxyl groups is 1. The Morgan fingerprint density at radius 1 is 0.405 bits per heavy atom. The summed E-state index contributed by atoms with van der Waals surface area (Å²) in [4.78, 5) is 147. The predicted octanol–water partition coefficient (Wildman–Crippen LogP) is 14.5. The van der Waals surface area contributed by atoms with E-state index >= 15 is 0 Å². The van der Waals surface area contributed by atoms with E-state index in [1.807, 2.05) is 40.7 Å². The lowest BCUT2D eigenvalue weighted by Crippen LogP contribution is -2.48. The summed E-state index contributed by atoms with van der Waals surface area (Å²) < 4.78 is 52.5. The summed E-state index contributed by atoms with van der Waals surface area (Å²) in [5.41, 5.74) is 3.00. The number of amides is 5. The van der Waals surface area contributed by atoms with Gasteiger partial charge in [0.15, 0.2) is 17.2 Å². The minimum Gasteiger partial charge on any atom is -0.503 e. The highest BCUT2D eigenvalue weighted by Gasteiger charge is 2.50. The molecule has 0 radical (unpaired) electrons. The van der Waals surface area contributed by atoms with Gasteiger partial charge < -0.3 is 41.2 Å². The third-order valence-electron chi connectivity index (χ3n) is 22.4. The number of carbonyl (C=O) groups excluding carboxylic acids is 5. The highest BCUT2D eigenvalue weighted by molar-refractivity contribution is 9.10. The van der Waals surface area contributed by atoms with Gasteiger partial charge in [-0.25, -0.2) is 29.9 Å². The van der Waals surface area contributed by atoms with Gasteiger partial charge in [-0.05, 0) is 266 Å². The monoisotopic (exact) mass is 1730 g/mol. The molecule has 18 rings (SSSR count). The van der Waals surface area contributed by atoms with E-state index < -0.39 is 41.0 Å². The molecule has 13 heterocycles. The smallest absolute Gasteiger partial charge is 0.296 e.